The first-order chi connectivity index (χ1) is 15.1. The van der Waals surface area contributed by atoms with Crippen molar-refractivity contribution >= 4 is 16.0 Å². The molecular weight excluding hydrogens is 477 g/mol. The molecule has 1 saturated heterocycles. The SMILES string of the molecule is CC1(CC(OS(=O)(=O)C(F)(F)C(=O)NC23CC4CC(CC(C4)C2)C3)C(F)(F)F)OCCCO1. The lowest BCUT2D eigenvalue weighted by Gasteiger charge is -2.57. The van der Waals surface area contributed by atoms with Gasteiger partial charge >= 0.3 is 27.5 Å². The second kappa shape index (κ2) is 8.27. The maximum absolute atomic E-state index is 14.7. The Kier molecular flexibility index (Phi) is 6.28. The van der Waals surface area contributed by atoms with Crippen LogP contribution in [0, 0.1) is 17.8 Å². The molecule has 5 fully saturated rings. The molecule has 4 bridgehead atoms. The Morgan fingerprint density at radius 1 is 1.03 bits per heavy atom. The third kappa shape index (κ3) is 5.01. The molecule has 13 heteroatoms. The van der Waals surface area contributed by atoms with Gasteiger partial charge in [-0.3, -0.25) is 8.98 Å². The summed E-state index contributed by atoms with van der Waals surface area (Å²) in [6.45, 7) is 1.24. The number of carbonyl (C=O) groups excluding carboxylic acids is 1. The Morgan fingerprint density at radius 3 is 1.97 bits per heavy atom. The van der Waals surface area contributed by atoms with Crippen molar-refractivity contribution in [3.05, 3.63) is 0 Å². The Bertz CT molecular complexity index is 835. The van der Waals surface area contributed by atoms with Gasteiger partial charge in [0.05, 0.1) is 13.2 Å². The van der Waals surface area contributed by atoms with E-state index in [2.05, 4.69) is 9.50 Å². The van der Waals surface area contributed by atoms with E-state index >= 15 is 0 Å². The van der Waals surface area contributed by atoms with Crippen molar-refractivity contribution in [3.63, 3.8) is 0 Å². The molecule has 0 radical (unpaired) electrons. The fraction of sp³-hybridized carbons (Fsp3) is 0.950. The third-order valence-corrected chi connectivity index (χ3v) is 8.56. The van der Waals surface area contributed by atoms with Crippen LogP contribution in [0.15, 0.2) is 0 Å². The van der Waals surface area contributed by atoms with Gasteiger partial charge in [-0.25, -0.2) is 0 Å². The van der Waals surface area contributed by atoms with Gasteiger partial charge in [0.1, 0.15) is 0 Å². The summed E-state index contributed by atoms with van der Waals surface area (Å²) in [5.74, 6) is -3.22. The molecule has 5 aliphatic rings. The average molecular weight is 506 g/mol. The van der Waals surface area contributed by atoms with E-state index in [1.54, 1.807) is 0 Å². The number of amides is 1. The van der Waals surface area contributed by atoms with Crippen LogP contribution in [-0.4, -0.2) is 56.4 Å². The number of hydrogen-bond donors (Lipinski definition) is 1. The molecule has 0 aromatic rings. The van der Waals surface area contributed by atoms with Crippen LogP contribution < -0.4 is 5.32 Å². The lowest BCUT2D eigenvalue weighted by atomic mass is 9.53. The fourth-order valence-corrected chi connectivity index (χ4v) is 7.12. The molecule has 4 saturated carbocycles. The molecule has 0 aromatic carbocycles. The van der Waals surface area contributed by atoms with Crippen LogP contribution in [0.4, 0.5) is 22.0 Å². The van der Waals surface area contributed by atoms with Crippen LogP contribution in [0.1, 0.15) is 58.3 Å². The van der Waals surface area contributed by atoms with Crippen LogP contribution in [0.2, 0.25) is 0 Å². The third-order valence-electron chi connectivity index (χ3n) is 7.26. The molecule has 5 rings (SSSR count). The van der Waals surface area contributed by atoms with Crippen molar-refractivity contribution in [2.75, 3.05) is 13.2 Å². The zero-order chi connectivity index (χ0) is 24.3. The molecule has 4 aliphatic carbocycles. The van der Waals surface area contributed by atoms with Crippen LogP contribution in [0.5, 0.6) is 0 Å². The monoisotopic (exact) mass is 505 g/mol. The number of nitrogens with one attached hydrogen (secondary N) is 1. The number of rotatable bonds is 7. The molecule has 7 nitrogen and oxygen atoms in total. The number of alkyl halides is 5. The van der Waals surface area contributed by atoms with Gasteiger partial charge in [0.2, 0.25) is 0 Å². The lowest BCUT2D eigenvalue weighted by Crippen LogP contribution is -2.63. The molecule has 0 aromatic heterocycles. The van der Waals surface area contributed by atoms with Crippen LogP contribution in [0.25, 0.3) is 0 Å². The van der Waals surface area contributed by atoms with Gasteiger partial charge in [0.25, 0.3) is 0 Å². The van der Waals surface area contributed by atoms with Gasteiger partial charge in [0, 0.05) is 12.0 Å². The van der Waals surface area contributed by atoms with Crippen LogP contribution in [0.3, 0.4) is 0 Å². The van der Waals surface area contributed by atoms with Crippen LogP contribution >= 0.6 is 0 Å². The van der Waals surface area contributed by atoms with E-state index in [0.717, 1.165) is 26.2 Å². The summed E-state index contributed by atoms with van der Waals surface area (Å²) < 4.78 is 109. The second-order valence-electron chi connectivity index (χ2n) is 10.1. The van der Waals surface area contributed by atoms with E-state index in [0.29, 0.717) is 25.7 Å². The first kappa shape index (κ1) is 25.1. The molecule has 1 heterocycles. The Hall–Kier alpha value is -1.05. The smallest absolute Gasteiger partial charge is 0.350 e. The van der Waals surface area contributed by atoms with Gasteiger partial charge in [-0.2, -0.15) is 30.4 Å². The summed E-state index contributed by atoms with van der Waals surface area (Å²) in [6.07, 6.45) is -5.07. The van der Waals surface area contributed by atoms with Gasteiger partial charge in [-0.05, 0) is 69.6 Å². The Labute approximate surface area is 188 Å². The molecule has 1 aliphatic heterocycles. The van der Waals surface area contributed by atoms with Crippen molar-refractivity contribution in [2.24, 2.45) is 17.8 Å². The molecule has 33 heavy (non-hydrogen) atoms. The summed E-state index contributed by atoms with van der Waals surface area (Å²) >= 11 is 0. The summed E-state index contributed by atoms with van der Waals surface area (Å²) in [7, 11) is -6.28. The van der Waals surface area contributed by atoms with E-state index in [9.17, 15) is 35.2 Å². The molecule has 1 atom stereocenters. The zero-order valence-electron chi connectivity index (χ0n) is 18.1. The van der Waals surface area contributed by atoms with Crippen molar-refractivity contribution in [1.29, 1.82) is 0 Å². The van der Waals surface area contributed by atoms with Gasteiger partial charge in [0.15, 0.2) is 11.9 Å². The minimum absolute atomic E-state index is 0.0530. The van der Waals surface area contributed by atoms with E-state index in [4.69, 9.17) is 9.47 Å². The largest absolute Gasteiger partial charge is 0.446 e. The highest BCUT2D eigenvalue weighted by Crippen LogP contribution is 2.55. The highest BCUT2D eigenvalue weighted by molar-refractivity contribution is 7.88. The molecule has 1 unspecified atom stereocenters. The normalized spacial score (nSPS) is 34.8. The number of hydrogen-bond acceptors (Lipinski definition) is 6. The topological polar surface area (TPSA) is 90.9 Å². The van der Waals surface area contributed by atoms with E-state index in [-0.39, 0.29) is 31.0 Å². The molecular formula is C20H28F5NO6S. The highest BCUT2D eigenvalue weighted by Gasteiger charge is 2.61. The summed E-state index contributed by atoms with van der Waals surface area (Å²) in [5, 5.41) is -3.01. The molecule has 190 valence electrons. The second-order valence-corrected chi connectivity index (χ2v) is 11.8. The van der Waals surface area contributed by atoms with Gasteiger partial charge < -0.3 is 14.8 Å². The van der Waals surface area contributed by atoms with Gasteiger partial charge in [-0.15, -0.1) is 0 Å². The highest BCUT2D eigenvalue weighted by atomic mass is 32.2. The summed E-state index contributed by atoms with van der Waals surface area (Å²) in [6, 6.07) is 0. The Balaban J connectivity index is 1.48. The standard InChI is InChI=1S/C20H28F5NO6S/c1-17(30-3-2-4-31-17)11-15(19(21,22)23)32-33(28,29)20(24,25)16(27)26-18-8-12-5-13(9-18)7-14(6-12)10-18/h12-15H,2-11H2,1H3,(H,26,27). The number of ether oxygens (including phenoxy) is 2. The average Bonchev–Trinajstić information content (AvgIpc) is 2.65. The Morgan fingerprint density at radius 2 is 1.52 bits per heavy atom. The quantitative estimate of drug-likeness (QED) is 0.421. The van der Waals surface area contributed by atoms with Crippen molar-refractivity contribution < 1.29 is 48.8 Å². The van der Waals surface area contributed by atoms with Crippen molar-refractivity contribution in [1.82, 2.24) is 5.32 Å². The molecule has 0 spiro atoms. The maximum Gasteiger partial charge on any atom is 0.446 e. The van der Waals surface area contributed by atoms with E-state index in [1.807, 2.05) is 0 Å². The summed E-state index contributed by atoms with van der Waals surface area (Å²) in [4.78, 5) is 12.4. The zero-order valence-corrected chi connectivity index (χ0v) is 18.9. The van der Waals surface area contributed by atoms with E-state index < -0.39 is 51.3 Å². The minimum atomic E-state index is -6.28. The predicted molar refractivity (Wildman–Crippen MR) is 103 cm³/mol. The maximum atomic E-state index is 14.7. The van der Waals surface area contributed by atoms with Crippen molar-refractivity contribution in [3.8, 4) is 0 Å². The number of carbonyl (C=O) groups is 1. The van der Waals surface area contributed by atoms with Crippen molar-refractivity contribution in [2.45, 2.75) is 87.2 Å². The molecule has 1 amide bonds. The first-order valence-electron chi connectivity index (χ1n) is 11.1. The molecule has 1 N–H and O–H groups in total. The number of halogens is 5. The van der Waals surface area contributed by atoms with Crippen LogP contribution in [-0.2, 0) is 28.6 Å². The van der Waals surface area contributed by atoms with E-state index in [1.165, 1.54) is 0 Å². The first-order valence-corrected chi connectivity index (χ1v) is 12.5. The van der Waals surface area contributed by atoms with Gasteiger partial charge in [-0.1, -0.05) is 0 Å². The fourth-order valence-electron chi connectivity index (χ4n) is 6.24. The summed E-state index contributed by atoms with van der Waals surface area (Å²) in [5.41, 5.74) is -0.953. The lowest BCUT2D eigenvalue weighted by molar-refractivity contribution is -0.288. The predicted octanol–water partition coefficient (Wildman–Crippen LogP) is 3.48. The minimum Gasteiger partial charge on any atom is -0.350 e.